The summed E-state index contributed by atoms with van der Waals surface area (Å²) in [6.07, 6.45) is 0.894. The second-order valence-corrected chi connectivity index (χ2v) is 9.12. The van der Waals surface area contributed by atoms with E-state index in [4.69, 9.17) is 0 Å². The van der Waals surface area contributed by atoms with Crippen molar-refractivity contribution in [1.29, 1.82) is 0 Å². The summed E-state index contributed by atoms with van der Waals surface area (Å²) in [5.41, 5.74) is 0.685. The van der Waals surface area contributed by atoms with Gasteiger partial charge in [0.15, 0.2) is 0 Å². The molecule has 3 rings (SSSR count). The van der Waals surface area contributed by atoms with E-state index >= 15 is 0 Å². The second kappa shape index (κ2) is 7.55. The maximum atomic E-state index is 13.7. The molecule has 2 fully saturated rings. The Bertz CT molecular complexity index is 858. The van der Waals surface area contributed by atoms with Crippen molar-refractivity contribution in [3.63, 3.8) is 0 Å². The molecule has 27 heavy (non-hydrogen) atoms. The number of nitrogens with one attached hydrogen (secondary N) is 1. The molecule has 0 unspecified atom stereocenters. The van der Waals surface area contributed by atoms with Crippen LogP contribution in [-0.4, -0.2) is 66.9 Å². The minimum atomic E-state index is -3.59. The van der Waals surface area contributed by atoms with Crippen LogP contribution in [0.25, 0.3) is 0 Å². The summed E-state index contributed by atoms with van der Waals surface area (Å²) in [4.78, 5) is 27.0. The first kappa shape index (κ1) is 19.8. The number of halogens is 1. The van der Waals surface area contributed by atoms with Crippen molar-refractivity contribution in [1.82, 2.24) is 14.5 Å². The van der Waals surface area contributed by atoms with E-state index in [-0.39, 0.29) is 30.4 Å². The fraction of sp³-hybridized carbons (Fsp3) is 0.556. The minimum absolute atomic E-state index is 0.112. The molecule has 1 N–H and O–H groups in total. The molecule has 1 aromatic rings. The van der Waals surface area contributed by atoms with Crippen LogP contribution in [0.2, 0.25) is 0 Å². The van der Waals surface area contributed by atoms with E-state index in [1.807, 2.05) is 11.8 Å². The van der Waals surface area contributed by atoms with Crippen LogP contribution in [0.1, 0.15) is 35.7 Å². The number of rotatable bonds is 4. The number of benzene rings is 1. The SMILES string of the molecule is CCCN1C(=O)[C@@H]2C[C@H](NC(=O)c3ccc(C)c(F)c3)CN2CCS1(=O)=O. The molecule has 2 saturated heterocycles. The summed E-state index contributed by atoms with van der Waals surface area (Å²) < 4.78 is 39.3. The van der Waals surface area contributed by atoms with Gasteiger partial charge in [-0.3, -0.25) is 14.5 Å². The topological polar surface area (TPSA) is 86.8 Å². The van der Waals surface area contributed by atoms with Gasteiger partial charge in [0.25, 0.3) is 11.8 Å². The smallest absolute Gasteiger partial charge is 0.253 e. The highest BCUT2D eigenvalue weighted by atomic mass is 32.2. The van der Waals surface area contributed by atoms with E-state index in [1.54, 1.807) is 19.1 Å². The van der Waals surface area contributed by atoms with Crippen molar-refractivity contribution in [2.45, 2.75) is 38.8 Å². The largest absolute Gasteiger partial charge is 0.348 e. The molecule has 0 aliphatic carbocycles. The first-order valence-corrected chi connectivity index (χ1v) is 10.7. The lowest BCUT2D eigenvalue weighted by Gasteiger charge is -2.23. The third-order valence-electron chi connectivity index (χ3n) is 5.10. The van der Waals surface area contributed by atoms with E-state index in [1.165, 1.54) is 6.07 Å². The molecule has 2 aliphatic rings. The monoisotopic (exact) mass is 397 g/mol. The maximum Gasteiger partial charge on any atom is 0.253 e. The summed E-state index contributed by atoms with van der Waals surface area (Å²) >= 11 is 0. The number of sulfonamides is 1. The number of hydrogen-bond donors (Lipinski definition) is 1. The van der Waals surface area contributed by atoms with Gasteiger partial charge >= 0.3 is 0 Å². The van der Waals surface area contributed by atoms with Gasteiger partial charge in [0.2, 0.25) is 10.0 Å². The lowest BCUT2D eigenvalue weighted by atomic mass is 10.1. The first-order chi connectivity index (χ1) is 12.7. The van der Waals surface area contributed by atoms with Crippen molar-refractivity contribution < 1.29 is 22.4 Å². The van der Waals surface area contributed by atoms with Gasteiger partial charge in [-0.2, -0.15) is 0 Å². The van der Waals surface area contributed by atoms with Crippen LogP contribution in [0.4, 0.5) is 4.39 Å². The molecule has 9 heteroatoms. The van der Waals surface area contributed by atoms with Gasteiger partial charge in [0.1, 0.15) is 5.82 Å². The molecule has 0 saturated carbocycles. The van der Waals surface area contributed by atoms with Gasteiger partial charge in [0.05, 0.1) is 11.8 Å². The summed E-state index contributed by atoms with van der Waals surface area (Å²) in [7, 11) is -3.59. The van der Waals surface area contributed by atoms with Crippen LogP contribution in [0.15, 0.2) is 18.2 Å². The number of hydrogen-bond acceptors (Lipinski definition) is 5. The minimum Gasteiger partial charge on any atom is -0.348 e. The summed E-state index contributed by atoms with van der Waals surface area (Å²) in [5.74, 6) is -1.38. The summed E-state index contributed by atoms with van der Waals surface area (Å²) in [6, 6.07) is 3.44. The zero-order chi connectivity index (χ0) is 19.8. The molecule has 2 aliphatic heterocycles. The predicted octanol–water partition coefficient (Wildman–Crippen LogP) is 0.889. The maximum absolute atomic E-state index is 13.7. The third-order valence-corrected chi connectivity index (χ3v) is 6.84. The van der Waals surface area contributed by atoms with Crippen LogP contribution in [-0.2, 0) is 14.8 Å². The van der Waals surface area contributed by atoms with Crippen LogP contribution in [0.5, 0.6) is 0 Å². The quantitative estimate of drug-likeness (QED) is 0.815. The molecule has 0 radical (unpaired) electrons. The Kier molecular flexibility index (Phi) is 5.53. The highest BCUT2D eigenvalue weighted by Gasteiger charge is 2.45. The fourth-order valence-electron chi connectivity index (χ4n) is 3.61. The molecule has 2 atom stereocenters. The highest BCUT2D eigenvalue weighted by Crippen LogP contribution is 2.25. The lowest BCUT2D eigenvalue weighted by Crippen LogP contribution is -2.44. The molecule has 148 valence electrons. The van der Waals surface area contributed by atoms with Crippen molar-refractivity contribution in [3.8, 4) is 0 Å². The van der Waals surface area contributed by atoms with Crippen LogP contribution in [0.3, 0.4) is 0 Å². The van der Waals surface area contributed by atoms with Gasteiger partial charge < -0.3 is 5.32 Å². The zero-order valence-corrected chi connectivity index (χ0v) is 16.3. The summed E-state index contributed by atoms with van der Waals surface area (Å²) in [6.45, 7) is 4.27. The van der Waals surface area contributed by atoms with Crippen molar-refractivity contribution in [2.75, 3.05) is 25.4 Å². The molecule has 0 spiro atoms. The molecular formula is C18H24FN3O4S. The Morgan fingerprint density at radius 1 is 1.37 bits per heavy atom. The number of amides is 2. The Balaban J connectivity index is 1.71. The summed E-state index contributed by atoms with van der Waals surface area (Å²) in [5, 5.41) is 2.84. The number of nitrogens with zero attached hydrogens (tertiary/aromatic N) is 2. The van der Waals surface area contributed by atoms with Crippen molar-refractivity contribution in [3.05, 3.63) is 35.1 Å². The second-order valence-electron chi connectivity index (χ2n) is 7.11. The average molecular weight is 397 g/mol. The molecule has 0 bridgehead atoms. The molecule has 0 aromatic heterocycles. The van der Waals surface area contributed by atoms with E-state index in [0.29, 0.717) is 24.9 Å². The van der Waals surface area contributed by atoms with Crippen LogP contribution < -0.4 is 5.32 Å². The van der Waals surface area contributed by atoms with E-state index in [9.17, 15) is 22.4 Å². The third kappa shape index (κ3) is 3.98. The average Bonchev–Trinajstić information content (AvgIpc) is 2.99. The normalized spacial score (nSPS) is 25.1. The van der Waals surface area contributed by atoms with E-state index in [0.717, 1.165) is 4.31 Å². The fourth-order valence-corrected chi connectivity index (χ4v) is 5.16. The zero-order valence-electron chi connectivity index (χ0n) is 15.4. The number of aryl methyl sites for hydroxylation is 1. The van der Waals surface area contributed by atoms with Gasteiger partial charge in [-0.1, -0.05) is 13.0 Å². The molecule has 7 nitrogen and oxygen atoms in total. The van der Waals surface area contributed by atoms with Gasteiger partial charge in [-0.15, -0.1) is 0 Å². The Morgan fingerprint density at radius 2 is 2.11 bits per heavy atom. The number of carbonyl (C=O) groups excluding carboxylic acids is 2. The van der Waals surface area contributed by atoms with Gasteiger partial charge in [-0.05, 0) is 37.5 Å². The highest BCUT2D eigenvalue weighted by molar-refractivity contribution is 7.89. The Morgan fingerprint density at radius 3 is 2.78 bits per heavy atom. The predicted molar refractivity (Wildman–Crippen MR) is 98.2 cm³/mol. The first-order valence-electron chi connectivity index (χ1n) is 9.08. The molecular weight excluding hydrogens is 373 g/mol. The Hall–Kier alpha value is -2.00. The van der Waals surface area contributed by atoms with Crippen LogP contribution in [0, 0.1) is 12.7 Å². The Labute approximate surface area is 158 Å². The van der Waals surface area contributed by atoms with Crippen LogP contribution >= 0.6 is 0 Å². The number of carbonyl (C=O) groups is 2. The number of fused-ring (bicyclic) bond motifs is 1. The molecule has 2 heterocycles. The molecule has 2 amide bonds. The van der Waals surface area contributed by atoms with E-state index in [2.05, 4.69) is 5.32 Å². The van der Waals surface area contributed by atoms with E-state index < -0.39 is 33.7 Å². The van der Waals surface area contributed by atoms with Crippen molar-refractivity contribution in [2.24, 2.45) is 0 Å². The van der Waals surface area contributed by atoms with Gasteiger partial charge in [0, 0.05) is 31.2 Å². The molecule has 1 aromatic carbocycles. The van der Waals surface area contributed by atoms with Crippen molar-refractivity contribution >= 4 is 21.8 Å². The lowest BCUT2D eigenvalue weighted by molar-refractivity contribution is -0.130. The standard InChI is InChI=1S/C18H24FN3O4S/c1-3-6-22-18(24)16-10-14(11-21(16)7-8-27(22,25)26)20-17(23)13-5-4-12(2)15(19)9-13/h4-5,9,14,16H,3,6-8,10-11H2,1-2H3,(H,20,23)/t14-,16-/m0/s1. The van der Waals surface area contributed by atoms with Gasteiger partial charge in [-0.25, -0.2) is 17.1 Å².